The minimum Gasteiger partial charge on any atom is -0.352 e. The second-order valence-electron chi connectivity index (χ2n) is 4.39. The van der Waals surface area contributed by atoms with Crippen LogP contribution in [0.3, 0.4) is 0 Å². The fourth-order valence-electron chi connectivity index (χ4n) is 2.06. The Labute approximate surface area is 113 Å². The zero-order chi connectivity index (χ0) is 12.1. The lowest BCUT2D eigenvalue weighted by Crippen LogP contribution is -2.40. The van der Waals surface area contributed by atoms with E-state index in [4.69, 9.17) is 0 Å². The summed E-state index contributed by atoms with van der Waals surface area (Å²) in [6.07, 6.45) is 1.97. The van der Waals surface area contributed by atoms with Gasteiger partial charge in [0.15, 0.2) is 0 Å². The lowest BCUT2D eigenvalue weighted by molar-refractivity contribution is -0.125. The van der Waals surface area contributed by atoms with E-state index in [0.29, 0.717) is 6.54 Å². The van der Waals surface area contributed by atoms with E-state index >= 15 is 0 Å². The summed E-state index contributed by atoms with van der Waals surface area (Å²) in [5.41, 5.74) is 0.794. The largest absolute Gasteiger partial charge is 0.352 e. The van der Waals surface area contributed by atoms with E-state index in [2.05, 4.69) is 10.6 Å². The summed E-state index contributed by atoms with van der Waals surface area (Å²) >= 11 is 0. The molecule has 0 spiro atoms. The van der Waals surface area contributed by atoms with Crippen molar-refractivity contribution in [3.63, 3.8) is 0 Å². The van der Waals surface area contributed by atoms with Gasteiger partial charge >= 0.3 is 0 Å². The SMILES string of the molecule is Cl.O=C(NCc1cccc(F)c1)C1CCCNC1. The molecule has 1 aliphatic heterocycles. The molecule has 0 radical (unpaired) electrons. The van der Waals surface area contributed by atoms with Gasteiger partial charge in [0.05, 0.1) is 5.92 Å². The summed E-state index contributed by atoms with van der Waals surface area (Å²) in [5.74, 6) is -0.158. The highest BCUT2D eigenvalue weighted by Crippen LogP contribution is 2.10. The molecule has 1 heterocycles. The molecular formula is C13H18ClFN2O. The average molecular weight is 273 g/mol. The number of halogens is 2. The Morgan fingerprint density at radius 1 is 1.50 bits per heavy atom. The van der Waals surface area contributed by atoms with Crippen LogP contribution in [0.25, 0.3) is 0 Å². The molecule has 1 fully saturated rings. The van der Waals surface area contributed by atoms with Crippen molar-refractivity contribution >= 4 is 18.3 Å². The summed E-state index contributed by atoms with van der Waals surface area (Å²) in [7, 11) is 0. The number of rotatable bonds is 3. The number of carbonyl (C=O) groups excluding carboxylic acids is 1. The van der Waals surface area contributed by atoms with Crippen LogP contribution in [0.15, 0.2) is 24.3 Å². The summed E-state index contributed by atoms with van der Waals surface area (Å²) in [5, 5.41) is 6.05. The van der Waals surface area contributed by atoms with Gasteiger partial charge in [0, 0.05) is 13.1 Å². The van der Waals surface area contributed by atoms with E-state index in [1.54, 1.807) is 6.07 Å². The lowest BCUT2D eigenvalue weighted by Gasteiger charge is -2.21. The third-order valence-corrected chi connectivity index (χ3v) is 3.02. The van der Waals surface area contributed by atoms with Crippen molar-refractivity contribution in [2.45, 2.75) is 19.4 Å². The molecule has 1 saturated heterocycles. The Hall–Kier alpha value is -1.13. The van der Waals surface area contributed by atoms with Crippen LogP contribution < -0.4 is 10.6 Å². The summed E-state index contributed by atoms with van der Waals surface area (Å²) in [4.78, 5) is 11.8. The number of benzene rings is 1. The van der Waals surface area contributed by atoms with Crippen LogP contribution in [-0.4, -0.2) is 19.0 Å². The van der Waals surface area contributed by atoms with Crippen molar-refractivity contribution in [1.82, 2.24) is 10.6 Å². The van der Waals surface area contributed by atoms with Gasteiger partial charge in [-0.15, -0.1) is 12.4 Å². The smallest absolute Gasteiger partial charge is 0.224 e. The first kappa shape index (κ1) is 14.9. The number of piperidine rings is 1. The van der Waals surface area contributed by atoms with Gasteiger partial charge in [-0.2, -0.15) is 0 Å². The Morgan fingerprint density at radius 2 is 2.33 bits per heavy atom. The molecule has 2 N–H and O–H groups in total. The standard InChI is InChI=1S/C13H17FN2O.ClH/c14-12-5-1-3-10(7-12)8-16-13(17)11-4-2-6-15-9-11;/h1,3,5,7,11,15H,2,4,6,8-9H2,(H,16,17);1H. The molecule has 100 valence electrons. The van der Waals surface area contributed by atoms with E-state index in [1.165, 1.54) is 12.1 Å². The molecule has 18 heavy (non-hydrogen) atoms. The topological polar surface area (TPSA) is 41.1 Å². The molecule has 0 bridgehead atoms. The molecule has 1 aliphatic rings. The maximum Gasteiger partial charge on any atom is 0.224 e. The average Bonchev–Trinajstić information content (AvgIpc) is 2.37. The molecule has 2 rings (SSSR count). The Balaban J connectivity index is 0.00000162. The molecule has 1 atom stereocenters. The van der Waals surface area contributed by atoms with Crippen LogP contribution in [0.5, 0.6) is 0 Å². The van der Waals surface area contributed by atoms with Gasteiger partial charge < -0.3 is 10.6 Å². The molecule has 0 aliphatic carbocycles. The molecule has 0 aromatic heterocycles. The van der Waals surface area contributed by atoms with Crippen molar-refractivity contribution < 1.29 is 9.18 Å². The number of amides is 1. The minimum atomic E-state index is -0.268. The van der Waals surface area contributed by atoms with E-state index < -0.39 is 0 Å². The third kappa shape index (κ3) is 4.27. The van der Waals surface area contributed by atoms with E-state index in [-0.39, 0.29) is 30.0 Å². The Morgan fingerprint density at radius 3 is 3.00 bits per heavy atom. The van der Waals surface area contributed by atoms with Crippen molar-refractivity contribution in [2.75, 3.05) is 13.1 Å². The maximum absolute atomic E-state index is 12.9. The van der Waals surface area contributed by atoms with Crippen molar-refractivity contribution in [3.05, 3.63) is 35.6 Å². The van der Waals surface area contributed by atoms with Crippen LogP contribution in [0.2, 0.25) is 0 Å². The molecular weight excluding hydrogens is 255 g/mol. The van der Waals surface area contributed by atoms with Crippen LogP contribution in [0, 0.1) is 11.7 Å². The highest BCUT2D eigenvalue weighted by Gasteiger charge is 2.20. The predicted octanol–water partition coefficient (Wildman–Crippen LogP) is 1.86. The maximum atomic E-state index is 12.9. The molecule has 1 unspecified atom stereocenters. The third-order valence-electron chi connectivity index (χ3n) is 3.02. The number of carbonyl (C=O) groups is 1. The molecule has 3 nitrogen and oxygen atoms in total. The minimum absolute atomic E-state index is 0. The first-order valence-corrected chi connectivity index (χ1v) is 5.98. The first-order chi connectivity index (χ1) is 8.25. The molecule has 1 amide bonds. The number of nitrogens with one attached hydrogen (secondary N) is 2. The zero-order valence-corrected chi connectivity index (χ0v) is 10.9. The second kappa shape index (κ2) is 7.34. The van der Waals surface area contributed by atoms with Crippen molar-refractivity contribution in [1.29, 1.82) is 0 Å². The van der Waals surface area contributed by atoms with E-state index in [0.717, 1.165) is 31.5 Å². The molecule has 1 aromatic carbocycles. The van der Waals surface area contributed by atoms with E-state index in [9.17, 15) is 9.18 Å². The van der Waals surface area contributed by atoms with Crippen LogP contribution in [-0.2, 0) is 11.3 Å². The molecule has 0 saturated carbocycles. The monoisotopic (exact) mass is 272 g/mol. The fourth-order valence-corrected chi connectivity index (χ4v) is 2.06. The lowest BCUT2D eigenvalue weighted by atomic mass is 9.99. The Kier molecular flexibility index (Phi) is 6.09. The van der Waals surface area contributed by atoms with Gasteiger partial charge in [0.2, 0.25) is 5.91 Å². The van der Waals surface area contributed by atoms with Gasteiger partial charge in [0.25, 0.3) is 0 Å². The van der Waals surface area contributed by atoms with Gasteiger partial charge in [-0.3, -0.25) is 4.79 Å². The quantitative estimate of drug-likeness (QED) is 0.882. The number of hydrogen-bond acceptors (Lipinski definition) is 2. The highest BCUT2D eigenvalue weighted by atomic mass is 35.5. The van der Waals surface area contributed by atoms with Gasteiger partial charge in [0.1, 0.15) is 5.82 Å². The van der Waals surface area contributed by atoms with Crippen molar-refractivity contribution in [2.24, 2.45) is 5.92 Å². The molecule has 5 heteroatoms. The normalized spacial score (nSPS) is 18.8. The van der Waals surface area contributed by atoms with Gasteiger partial charge in [-0.25, -0.2) is 4.39 Å². The molecule has 1 aromatic rings. The van der Waals surface area contributed by atoms with Crippen LogP contribution >= 0.6 is 12.4 Å². The van der Waals surface area contributed by atoms with Crippen LogP contribution in [0.1, 0.15) is 18.4 Å². The first-order valence-electron chi connectivity index (χ1n) is 5.98. The van der Waals surface area contributed by atoms with Gasteiger partial charge in [-0.1, -0.05) is 12.1 Å². The van der Waals surface area contributed by atoms with E-state index in [1.807, 2.05) is 6.07 Å². The predicted molar refractivity (Wildman–Crippen MR) is 71.1 cm³/mol. The van der Waals surface area contributed by atoms with Crippen molar-refractivity contribution in [3.8, 4) is 0 Å². The van der Waals surface area contributed by atoms with Crippen LogP contribution in [0.4, 0.5) is 4.39 Å². The summed E-state index contributed by atoms with van der Waals surface area (Å²) < 4.78 is 12.9. The summed E-state index contributed by atoms with van der Waals surface area (Å²) in [6, 6.07) is 6.30. The highest BCUT2D eigenvalue weighted by molar-refractivity contribution is 5.85. The fraction of sp³-hybridized carbons (Fsp3) is 0.462. The van der Waals surface area contributed by atoms with Gasteiger partial charge in [-0.05, 0) is 37.1 Å². The summed E-state index contributed by atoms with van der Waals surface area (Å²) in [6.45, 7) is 2.13. The number of hydrogen-bond donors (Lipinski definition) is 2. The second-order valence-corrected chi connectivity index (χ2v) is 4.39. The zero-order valence-electron chi connectivity index (χ0n) is 10.1. The Bertz CT molecular complexity index is 394.